The summed E-state index contributed by atoms with van der Waals surface area (Å²) in [6.45, 7) is 2.01. The van der Waals surface area contributed by atoms with Gasteiger partial charge in [-0.2, -0.15) is 0 Å². The lowest BCUT2D eigenvalue weighted by molar-refractivity contribution is 0.102. The number of aryl methyl sites for hydroxylation is 1. The minimum Gasteiger partial charge on any atom is -0.321 e. The Labute approximate surface area is 131 Å². The number of rotatable bonds is 2. The number of pyridine rings is 1. The number of nitrogens with zero attached hydrogens (tertiary/aromatic N) is 1. The van der Waals surface area contributed by atoms with Crippen molar-refractivity contribution in [2.24, 2.45) is 0 Å². The largest absolute Gasteiger partial charge is 0.321 e. The first kappa shape index (κ1) is 13.8. The van der Waals surface area contributed by atoms with Crippen molar-refractivity contribution in [3.05, 3.63) is 70.3 Å². The van der Waals surface area contributed by atoms with Gasteiger partial charge in [-0.1, -0.05) is 22.0 Å². The fourth-order valence-electron chi connectivity index (χ4n) is 2.22. The normalized spacial score (nSPS) is 10.6. The Bertz CT molecular complexity index is 813. The molecule has 0 radical (unpaired) electrons. The van der Waals surface area contributed by atoms with E-state index in [0.717, 1.165) is 26.6 Å². The van der Waals surface area contributed by atoms with Gasteiger partial charge in [-0.3, -0.25) is 9.78 Å². The molecule has 2 aromatic carbocycles. The van der Waals surface area contributed by atoms with E-state index in [0.29, 0.717) is 5.56 Å². The van der Waals surface area contributed by atoms with Gasteiger partial charge in [0.1, 0.15) is 0 Å². The molecular formula is C17H13BrN2O. The second-order valence-corrected chi connectivity index (χ2v) is 5.71. The first-order valence-corrected chi connectivity index (χ1v) is 7.36. The topological polar surface area (TPSA) is 42.0 Å². The van der Waals surface area contributed by atoms with E-state index in [2.05, 4.69) is 26.2 Å². The predicted octanol–water partition coefficient (Wildman–Crippen LogP) is 4.56. The molecule has 0 saturated heterocycles. The van der Waals surface area contributed by atoms with E-state index in [1.807, 2.05) is 43.3 Å². The van der Waals surface area contributed by atoms with E-state index >= 15 is 0 Å². The molecule has 3 aromatic rings. The number of benzene rings is 2. The monoisotopic (exact) mass is 340 g/mol. The summed E-state index contributed by atoms with van der Waals surface area (Å²) in [5, 5.41) is 3.90. The van der Waals surface area contributed by atoms with Crippen LogP contribution in [0.15, 0.2) is 59.2 Å². The van der Waals surface area contributed by atoms with Gasteiger partial charge < -0.3 is 5.32 Å². The Balaban J connectivity index is 1.97. The molecule has 0 aliphatic heterocycles. The van der Waals surface area contributed by atoms with E-state index in [-0.39, 0.29) is 5.91 Å². The van der Waals surface area contributed by atoms with Crippen LogP contribution in [0.2, 0.25) is 0 Å². The second-order valence-electron chi connectivity index (χ2n) is 4.79. The summed E-state index contributed by atoms with van der Waals surface area (Å²) in [5.74, 6) is -0.128. The molecule has 1 aromatic heterocycles. The van der Waals surface area contributed by atoms with Crippen LogP contribution in [0.5, 0.6) is 0 Å². The van der Waals surface area contributed by atoms with Crippen molar-refractivity contribution in [2.45, 2.75) is 6.92 Å². The summed E-state index contributed by atoms with van der Waals surface area (Å²) in [6.07, 6.45) is 1.76. The number of hydrogen-bond donors (Lipinski definition) is 1. The molecular weight excluding hydrogens is 328 g/mol. The molecule has 0 atom stereocenters. The zero-order valence-corrected chi connectivity index (χ0v) is 13.0. The van der Waals surface area contributed by atoms with Crippen LogP contribution in [-0.4, -0.2) is 10.9 Å². The molecule has 0 aliphatic rings. The molecule has 3 rings (SSSR count). The SMILES string of the molecule is Cc1ccc(NC(=O)c2ccc(Br)cc2)c2cccnc12. The minimum absolute atomic E-state index is 0.128. The molecule has 0 spiro atoms. The Kier molecular flexibility index (Phi) is 3.71. The van der Waals surface area contributed by atoms with E-state index in [9.17, 15) is 4.79 Å². The lowest BCUT2D eigenvalue weighted by atomic mass is 10.1. The molecule has 3 nitrogen and oxygen atoms in total. The maximum absolute atomic E-state index is 12.3. The van der Waals surface area contributed by atoms with Crippen molar-refractivity contribution in [3.63, 3.8) is 0 Å². The molecule has 0 unspecified atom stereocenters. The molecule has 0 fully saturated rings. The summed E-state index contributed by atoms with van der Waals surface area (Å²) >= 11 is 3.36. The van der Waals surface area contributed by atoms with Gasteiger partial charge in [0.25, 0.3) is 5.91 Å². The second kappa shape index (κ2) is 5.66. The Morgan fingerprint density at radius 2 is 1.86 bits per heavy atom. The number of carbonyl (C=O) groups excluding carboxylic acids is 1. The number of halogens is 1. The third-order valence-electron chi connectivity index (χ3n) is 3.33. The summed E-state index contributed by atoms with van der Waals surface area (Å²) in [6, 6.07) is 15.0. The number of fused-ring (bicyclic) bond motifs is 1. The zero-order chi connectivity index (χ0) is 14.8. The van der Waals surface area contributed by atoms with Crippen LogP contribution in [0.1, 0.15) is 15.9 Å². The third-order valence-corrected chi connectivity index (χ3v) is 3.85. The lowest BCUT2D eigenvalue weighted by Gasteiger charge is -2.10. The van der Waals surface area contributed by atoms with Gasteiger partial charge in [0.15, 0.2) is 0 Å². The molecule has 4 heteroatoms. The average Bonchev–Trinajstić information content (AvgIpc) is 2.51. The summed E-state index contributed by atoms with van der Waals surface area (Å²) < 4.78 is 0.948. The molecule has 0 saturated carbocycles. The molecule has 1 N–H and O–H groups in total. The van der Waals surface area contributed by atoms with E-state index in [4.69, 9.17) is 0 Å². The van der Waals surface area contributed by atoms with Crippen molar-refractivity contribution in [1.82, 2.24) is 4.98 Å². The number of aromatic nitrogens is 1. The van der Waals surface area contributed by atoms with Gasteiger partial charge in [0, 0.05) is 21.6 Å². The fraction of sp³-hybridized carbons (Fsp3) is 0.0588. The van der Waals surface area contributed by atoms with Gasteiger partial charge in [-0.05, 0) is 55.0 Å². The maximum Gasteiger partial charge on any atom is 0.255 e. The standard InChI is InChI=1S/C17H13BrN2O/c1-11-4-9-15(14-3-2-10-19-16(11)14)20-17(21)12-5-7-13(18)8-6-12/h2-10H,1H3,(H,20,21). The number of anilines is 1. The van der Waals surface area contributed by atoms with Crippen LogP contribution < -0.4 is 5.32 Å². The summed E-state index contributed by atoms with van der Waals surface area (Å²) in [5.41, 5.74) is 3.39. The molecule has 21 heavy (non-hydrogen) atoms. The van der Waals surface area contributed by atoms with Gasteiger partial charge in [-0.15, -0.1) is 0 Å². The van der Waals surface area contributed by atoms with Crippen molar-refractivity contribution in [1.29, 1.82) is 0 Å². The highest BCUT2D eigenvalue weighted by Crippen LogP contribution is 2.25. The Morgan fingerprint density at radius 1 is 1.10 bits per heavy atom. The molecule has 104 valence electrons. The van der Waals surface area contributed by atoms with Crippen LogP contribution in [0.3, 0.4) is 0 Å². The number of carbonyl (C=O) groups is 1. The summed E-state index contributed by atoms with van der Waals surface area (Å²) in [4.78, 5) is 16.7. The van der Waals surface area contributed by atoms with Gasteiger partial charge in [0.05, 0.1) is 11.2 Å². The number of nitrogens with one attached hydrogen (secondary N) is 1. The van der Waals surface area contributed by atoms with Crippen molar-refractivity contribution < 1.29 is 4.79 Å². The Morgan fingerprint density at radius 3 is 2.62 bits per heavy atom. The van der Waals surface area contributed by atoms with Crippen LogP contribution in [-0.2, 0) is 0 Å². The van der Waals surface area contributed by atoms with Crippen molar-refractivity contribution in [3.8, 4) is 0 Å². The van der Waals surface area contributed by atoms with E-state index in [1.54, 1.807) is 18.3 Å². The highest BCUT2D eigenvalue weighted by Gasteiger charge is 2.09. The zero-order valence-electron chi connectivity index (χ0n) is 11.4. The van der Waals surface area contributed by atoms with Gasteiger partial charge >= 0.3 is 0 Å². The smallest absolute Gasteiger partial charge is 0.255 e. The third kappa shape index (κ3) is 2.81. The lowest BCUT2D eigenvalue weighted by Crippen LogP contribution is -2.12. The van der Waals surface area contributed by atoms with Gasteiger partial charge in [0.2, 0.25) is 0 Å². The molecule has 1 amide bonds. The van der Waals surface area contributed by atoms with E-state index in [1.165, 1.54) is 0 Å². The van der Waals surface area contributed by atoms with Crippen LogP contribution in [0.25, 0.3) is 10.9 Å². The first-order chi connectivity index (χ1) is 10.1. The molecule has 1 heterocycles. The highest BCUT2D eigenvalue weighted by molar-refractivity contribution is 9.10. The first-order valence-electron chi connectivity index (χ1n) is 6.56. The van der Waals surface area contributed by atoms with Gasteiger partial charge in [-0.25, -0.2) is 0 Å². The summed E-state index contributed by atoms with van der Waals surface area (Å²) in [7, 11) is 0. The Hall–Kier alpha value is -2.20. The highest BCUT2D eigenvalue weighted by atomic mass is 79.9. The molecule has 0 aliphatic carbocycles. The minimum atomic E-state index is -0.128. The average molecular weight is 341 g/mol. The quantitative estimate of drug-likeness (QED) is 0.743. The fourth-order valence-corrected chi connectivity index (χ4v) is 2.48. The van der Waals surface area contributed by atoms with Crippen molar-refractivity contribution in [2.75, 3.05) is 5.32 Å². The predicted molar refractivity (Wildman–Crippen MR) is 88.6 cm³/mol. The van der Waals surface area contributed by atoms with E-state index < -0.39 is 0 Å². The van der Waals surface area contributed by atoms with Crippen LogP contribution in [0, 0.1) is 6.92 Å². The number of hydrogen-bond acceptors (Lipinski definition) is 2. The molecule has 0 bridgehead atoms. The van der Waals surface area contributed by atoms with Crippen molar-refractivity contribution >= 4 is 38.4 Å². The van der Waals surface area contributed by atoms with Crippen LogP contribution in [0.4, 0.5) is 5.69 Å². The maximum atomic E-state index is 12.3. The number of amides is 1. The van der Waals surface area contributed by atoms with Crippen LogP contribution >= 0.6 is 15.9 Å².